The fourth-order valence-electron chi connectivity index (χ4n) is 6.01. The number of allylic oxidation sites excluding steroid dienone is 8. The molecule has 0 saturated heterocycles. The third kappa shape index (κ3) is 36.8. The number of carbonyl (C=O) groups is 1. The van der Waals surface area contributed by atoms with E-state index >= 15 is 0 Å². The molecular formula is C43H81N2O6P. The molecule has 0 heterocycles. The van der Waals surface area contributed by atoms with Crippen LogP contribution in [0.3, 0.4) is 0 Å². The third-order valence-electron chi connectivity index (χ3n) is 9.20. The van der Waals surface area contributed by atoms with E-state index in [1.54, 1.807) is 0 Å². The van der Waals surface area contributed by atoms with E-state index in [1.165, 1.54) is 96.3 Å². The zero-order valence-electron chi connectivity index (χ0n) is 33.5. The molecule has 0 aromatic carbocycles. The Morgan fingerprint density at radius 3 is 1.60 bits per heavy atom. The summed E-state index contributed by atoms with van der Waals surface area (Å²) in [5, 5.41) is 13.8. The molecule has 0 spiro atoms. The molecular weight excluding hydrogens is 671 g/mol. The van der Waals surface area contributed by atoms with Gasteiger partial charge in [-0.15, -0.1) is 0 Å². The van der Waals surface area contributed by atoms with Gasteiger partial charge in [-0.25, -0.2) is 4.57 Å². The van der Waals surface area contributed by atoms with Gasteiger partial charge in [-0.2, -0.15) is 0 Å². The molecule has 8 nitrogen and oxygen atoms in total. The number of nitrogens with one attached hydrogen (secondary N) is 1. The average Bonchev–Trinajstić information content (AvgIpc) is 3.13. The SMILES string of the molecule is CC/C=C\C/C=C\C/C=C\C/C=C\CCCCC(=O)NC(COP(=O)(O)OCCN)C(O)CCCCCCCCCCCCCCCCCCCC. The molecule has 0 aliphatic rings. The highest BCUT2D eigenvalue weighted by Crippen LogP contribution is 2.43. The highest BCUT2D eigenvalue weighted by molar-refractivity contribution is 7.47. The van der Waals surface area contributed by atoms with Crippen molar-refractivity contribution in [3.8, 4) is 0 Å². The number of unbranched alkanes of at least 4 members (excludes halogenated alkanes) is 19. The molecule has 0 saturated carbocycles. The van der Waals surface area contributed by atoms with E-state index in [4.69, 9.17) is 14.8 Å². The van der Waals surface area contributed by atoms with Gasteiger partial charge in [0.25, 0.3) is 0 Å². The first kappa shape index (κ1) is 50.5. The Labute approximate surface area is 320 Å². The molecule has 5 N–H and O–H groups in total. The van der Waals surface area contributed by atoms with E-state index in [-0.39, 0.29) is 25.7 Å². The van der Waals surface area contributed by atoms with Crippen LogP contribution in [0.4, 0.5) is 0 Å². The monoisotopic (exact) mass is 753 g/mol. The predicted molar refractivity (Wildman–Crippen MR) is 221 cm³/mol. The fourth-order valence-corrected chi connectivity index (χ4v) is 6.77. The number of nitrogens with two attached hydrogens (primary N) is 1. The van der Waals surface area contributed by atoms with Gasteiger partial charge in [-0.3, -0.25) is 13.8 Å². The van der Waals surface area contributed by atoms with Crippen molar-refractivity contribution >= 4 is 13.7 Å². The largest absolute Gasteiger partial charge is 0.472 e. The Balaban J connectivity index is 4.24. The van der Waals surface area contributed by atoms with Crippen molar-refractivity contribution in [3.05, 3.63) is 48.6 Å². The van der Waals surface area contributed by atoms with Crippen molar-refractivity contribution in [2.75, 3.05) is 19.8 Å². The maximum absolute atomic E-state index is 12.7. The minimum absolute atomic E-state index is 0.0803. The smallest absolute Gasteiger partial charge is 0.391 e. The maximum Gasteiger partial charge on any atom is 0.472 e. The van der Waals surface area contributed by atoms with Gasteiger partial charge in [-0.1, -0.05) is 178 Å². The van der Waals surface area contributed by atoms with Crippen LogP contribution in [0.1, 0.15) is 187 Å². The predicted octanol–water partition coefficient (Wildman–Crippen LogP) is 11.7. The molecule has 3 atom stereocenters. The lowest BCUT2D eigenvalue weighted by molar-refractivity contribution is -0.123. The molecule has 0 aliphatic carbocycles. The van der Waals surface area contributed by atoms with E-state index in [0.717, 1.165) is 57.8 Å². The molecule has 0 fully saturated rings. The van der Waals surface area contributed by atoms with Crippen LogP contribution in [-0.4, -0.2) is 47.8 Å². The summed E-state index contributed by atoms with van der Waals surface area (Å²) < 4.78 is 22.1. The molecule has 9 heteroatoms. The minimum Gasteiger partial charge on any atom is -0.391 e. The second-order valence-corrected chi connectivity index (χ2v) is 15.6. The van der Waals surface area contributed by atoms with Crippen molar-refractivity contribution in [2.24, 2.45) is 5.73 Å². The Kier molecular flexibility index (Phi) is 38.0. The van der Waals surface area contributed by atoms with Crippen LogP contribution in [0, 0.1) is 0 Å². The molecule has 0 aromatic rings. The number of phosphoric ester groups is 1. The maximum atomic E-state index is 12.7. The number of aliphatic hydroxyl groups is 1. The van der Waals surface area contributed by atoms with Crippen molar-refractivity contribution < 1.29 is 28.4 Å². The number of aliphatic hydroxyl groups excluding tert-OH is 1. The Bertz CT molecular complexity index is 954. The van der Waals surface area contributed by atoms with Crippen LogP contribution in [-0.2, 0) is 18.4 Å². The van der Waals surface area contributed by atoms with Crippen molar-refractivity contribution in [1.29, 1.82) is 0 Å². The number of hydrogen-bond donors (Lipinski definition) is 4. The van der Waals surface area contributed by atoms with Crippen LogP contribution in [0.5, 0.6) is 0 Å². The summed E-state index contributed by atoms with van der Waals surface area (Å²) in [7, 11) is -4.33. The standard InChI is InChI=1S/C43H81N2O6P/c1-3-5-7-9-11-13-15-17-19-20-21-23-24-26-28-30-32-34-36-42(46)41(40-51-52(48,49)50-39-38-44)45-43(47)37-35-33-31-29-27-25-22-18-16-14-12-10-8-6-4-2/h6,8,12,14,18,22,27,29,41-42,46H,3-5,7,9-11,13,15-17,19-21,23-26,28,30-40,44H2,1-2H3,(H,45,47)(H,48,49)/b8-6-,14-12-,22-18-,29-27-. The van der Waals surface area contributed by atoms with Crippen molar-refractivity contribution in [3.63, 3.8) is 0 Å². The van der Waals surface area contributed by atoms with Crippen LogP contribution in [0.2, 0.25) is 0 Å². The first-order valence-corrected chi connectivity index (χ1v) is 22.7. The van der Waals surface area contributed by atoms with Gasteiger partial charge in [0.1, 0.15) is 0 Å². The first-order valence-electron chi connectivity index (χ1n) is 21.3. The number of carbonyl (C=O) groups excluding carboxylic acids is 1. The highest BCUT2D eigenvalue weighted by atomic mass is 31.2. The summed E-state index contributed by atoms with van der Waals surface area (Å²) >= 11 is 0. The second-order valence-electron chi connectivity index (χ2n) is 14.2. The molecule has 1 amide bonds. The number of hydrogen-bond acceptors (Lipinski definition) is 6. The summed E-state index contributed by atoms with van der Waals surface area (Å²) in [5.41, 5.74) is 5.37. The van der Waals surface area contributed by atoms with Gasteiger partial charge in [0.2, 0.25) is 5.91 Å². The minimum atomic E-state index is -4.33. The zero-order valence-corrected chi connectivity index (χ0v) is 34.4. The van der Waals surface area contributed by atoms with Crippen LogP contribution >= 0.6 is 7.82 Å². The Morgan fingerprint density at radius 2 is 1.12 bits per heavy atom. The van der Waals surface area contributed by atoms with Crippen molar-refractivity contribution in [1.82, 2.24) is 5.32 Å². The summed E-state index contributed by atoms with van der Waals surface area (Å²) in [6, 6.07) is -0.797. The Hall–Kier alpha value is -1.54. The molecule has 0 rings (SSSR count). The summed E-state index contributed by atoms with van der Waals surface area (Å²) in [6.45, 7) is 4.06. The highest BCUT2D eigenvalue weighted by Gasteiger charge is 2.27. The van der Waals surface area contributed by atoms with Gasteiger partial charge in [0.15, 0.2) is 0 Å². The molecule has 304 valence electrons. The molecule has 0 radical (unpaired) electrons. The number of amides is 1. The lowest BCUT2D eigenvalue weighted by Crippen LogP contribution is -2.46. The lowest BCUT2D eigenvalue weighted by atomic mass is 10.0. The number of rotatable bonds is 39. The molecule has 0 aromatic heterocycles. The van der Waals surface area contributed by atoms with Crippen LogP contribution in [0.25, 0.3) is 0 Å². The van der Waals surface area contributed by atoms with E-state index in [0.29, 0.717) is 19.3 Å². The van der Waals surface area contributed by atoms with Gasteiger partial charge in [0, 0.05) is 13.0 Å². The van der Waals surface area contributed by atoms with E-state index in [2.05, 4.69) is 67.8 Å². The molecule has 0 aliphatic heterocycles. The normalized spacial score (nSPS) is 14.6. The lowest BCUT2D eigenvalue weighted by Gasteiger charge is -2.25. The average molecular weight is 753 g/mol. The van der Waals surface area contributed by atoms with E-state index < -0.39 is 20.0 Å². The second kappa shape index (κ2) is 39.2. The topological polar surface area (TPSA) is 131 Å². The third-order valence-corrected chi connectivity index (χ3v) is 10.2. The summed E-state index contributed by atoms with van der Waals surface area (Å²) in [6.07, 6.45) is 46.9. The molecule has 3 unspecified atom stereocenters. The quantitative estimate of drug-likeness (QED) is 0.0279. The summed E-state index contributed by atoms with van der Waals surface area (Å²) in [5.74, 6) is -0.203. The summed E-state index contributed by atoms with van der Waals surface area (Å²) in [4.78, 5) is 22.7. The van der Waals surface area contributed by atoms with Crippen molar-refractivity contribution in [2.45, 2.75) is 199 Å². The van der Waals surface area contributed by atoms with Crippen LogP contribution in [0.15, 0.2) is 48.6 Å². The first-order chi connectivity index (χ1) is 25.4. The fraction of sp³-hybridized carbons (Fsp3) is 0.791. The molecule has 0 bridgehead atoms. The molecule has 52 heavy (non-hydrogen) atoms. The number of phosphoric acid groups is 1. The van der Waals surface area contributed by atoms with E-state index in [9.17, 15) is 19.4 Å². The van der Waals surface area contributed by atoms with Gasteiger partial charge >= 0.3 is 7.82 Å². The van der Waals surface area contributed by atoms with Gasteiger partial charge in [0.05, 0.1) is 25.4 Å². The van der Waals surface area contributed by atoms with Gasteiger partial charge < -0.3 is 21.1 Å². The Morgan fingerprint density at radius 1 is 0.654 bits per heavy atom. The van der Waals surface area contributed by atoms with Gasteiger partial charge in [-0.05, 0) is 51.4 Å². The zero-order chi connectivity index (χ0) is 38.2. The van der Waals surface area contributed by atoms with Crippen LogP contribution < -0.4 is 11.1 Å². The van der Waals surface area contributed by atoms with E-state index in [1.807, 2.05) is 0 Å².